The van der Waals surface area contributed by atoms with Crippen molar-refractivity contribution in [3.63, 3.8) is 0 Å². The molecule has 0 bridgehead atoms. The molecule has 2 heterocycles. The van der Waals surface area contributed by atoms with E-state index in [9.17, 15) is 13.2 Å². The summed E-state index contributed by atoms with van der Waals surface area (Å²) in [5, 5.41) is 0.870. The van der Waals surface area contributed by atoms with Gasteiger partial charge in [0.25, 0.3) is 0 Å². The van der Waals surface area contributed by atoms with Crippen LogP contribution in [0.4, 0.5) is 0 Å². The second-order valence-corrected chi connectivity index (χ2v) is 9.25. The highest BCUT2D eigenvalue weighted by molar-refractivity contribution is 7.93. The van der Waals surface area contributed by atoms with Gasteiger partial charge in [0.2, 0.25) is 5.91 Å². The van der Waals surface area contributed by atoms with Crippen LogP contribution in [0.3, 0.4) is 0 Å². The lowest BCUT2D eigenvalue weighted by Gasteiger charge is -2.24. The number of fused-ring (bicyclic) bond motifs is 1. The number of carbonyl (C=O) groups excluding carboxylic acids is 1. The largest absolute Gasteiger partial charge is 0.350 e. The van der Waals surface area contributed by atoms with Crippen LogP contribution in [-0.4, -0.2) is 41.3 Å². The molecule has 0 spiro atoms. The quantitative estimate of drug-likeness (QED) is 0.854. The van der Waals surface area contributed by atoms with Crippen molar-refractivity contribution in [1.82, 2.24) is 9.47 Å². The molecule has 4 rings (SSSR count). The van der Waals surface area contributed by atoms with E-state index in [1.807, 2.05) is 19.2 Å². The Morgan fingerprint density at radius 2 is 1.96 bits per heavy atom. The molecule has 1 aliphatic carbocycles. The minimum absolute atomic E-state index is 0.0157. The SMILES string of the molecule is Cn1cc(C2CCCN2C(=O)CS(=O)(=O)C2CC2)c2ccccc21. The molecule has 128 valence electrons. The van der Waals surface area contributed by atoms with E-state index in [0.717, 1.165) is 29.3 Å². The van der Waals surface area contributed by atoms with Gasteiger partial charge in [0, 0.05) is 36.3 Å². The average Bonchev–Trinajstić information content (AvgIpc) is 3.22. The normalized spacial score (nSPS) is 21.5. The van der Waals surface area contributed by atoms with Crippen molar-refractivity contribution >= 4 is 26.6 Å². The summed E-state index contributed by atoms with van der Waals surface area (Å²) in [6.45, 7) is 0.646. The smallest absolute Gasteiger partial charge is 0.238 e. The van der Waals surface area contributed by atoms with Crippen molar-refractivity contribution in [2.24, 2.45) is 7.05 Å². The average molecular weight is 346 g/mol. The lowest BCUT2D eigenvalue weighted by atomic mass is 10.0. The Morgan fingerprint density at radius 3 is 2.71 bits per heavy atom. The monoisotopic (exact) mass is 346 g/mol. The molecule has 1 aromatic carbocycles. The molecule has 24 heavy (non-hydrogen) atoms. The number of hydrogen-bond donors (Lipinski definition) is 0. The lowest BCUT2D eigenvalue weighted by molar-refractivity contribution is -0.129. The lowest BCUT2D eigenvalue weighted by Crippen LogP contribution is -2.36. The summed E-state index contributed by atoms with van der Waals surface area (Å²) >= 11 is 0. The molecule has 0 N–H and O–H groups in total. The summed E-state index contributed by atoms with van der Waals surface area (Å²) in [7, 11) is -1.26. The third-order valence-corrected chi connectivity index (χ3v) is 7.35. The number of carbonyl (C=O) groups is 1. The number of sulfone groups is 1. The van der Waals surface area contributed by atoms with E-state index in [1.165, 1.54) is 0 Å². The third-order valence-electron chi connectivity index (χ3n) is 5.22. The molecule has 1 amide bonds. The van der Waals surface area contributed by atoms with Gasteiger partial charge in [-0.25, -0.2) is 8.42 Å². The van der Waals surface area contributed by atoms with Gasteiger partial charge in [-0.05, 0) is 31.7 Å². The standard InChI is InChI=1S/C18H22N2O3S/c1-19-11-15(14-5-2-3-6-16(14)19)17-7-4-10-20(17)18(21)12-24(22,23)13-8-9-13/h2-3,5-6,11,13,17H,4,7-10,12H2,1H3. The molecule has 1 saturated heterocycles. The molecule has 2 fully saturated rings. The van der Waals surface area contributed by atoms with Gasteiger partial charge in [0.05, 0.1) is 11.3 Å². The first-order valence-electron chi connectivity index (χ1n) is 8.52. The Hall–Kier alpha value is -1.82. The van der Waals surface area contributed by atoms with Crippen molar-refractivity contribution in [3.8, 4) is 0 Å². The van der Waals surface area contributed by atoms with E-state index in [4.69, 9.17) is 0 Å². The topological polar surface area (TPSA) is 59.4 Å². The van der Waals surface area contributed by atoms with Crippen molar-refractivity contribution in [3.05, 3.63) is 36.0 Å². The van der Waals surface area contributed by atoms with E-state index in [2.05, 4.69) is 22.9 Å². The fourth-order valence-electron chi connectivity index (χ4n) is 3.83. The summed E-state index contributed by atoms with van der Waals surface area (Å²) in [5.41, 5.74) is 2.26. The van der Waals surface area contributed by atoms with Gasteiger partial charge in [0.15, 0.2) is 9.84 Å². The van der Waals surface area contributed by atoms with Crippen LogP contribution in [-0.2, 0) is 21.7 Å². The van der Waals surface area contributed by atoms with Crippen LogP contribution in [0, 0.1) is 0 Å². The van der Waals surface area contributed by atoms with Crippen LogP contribution in [0.25, 0.3) is 10.9 Å². The summed E-state index contributed by atoms with van der Waals surface area (Å²) in [5.74, 6) is -0.573. The van der Waals surface area contributed by atoms with Crippen LogP contribution in [0.2, 0.25) is 0 Å². The maximum atomic E-state index is 12.7. The highest BCUT2D eigenvalue weighted by atomic mass is 32.2. The number of aryl methyl sites for hydroxylation is 1. The third kappa shape index (κ3) is 2.62. The predicted molar refractivity (Wildman–Crippen MR) is 93.4 cm³/mol. The number of nitrogens with zero attached hydrogens (tertiary/aromatic N) is 2. The van der Waals surface area contributed by atoms with Gasteiger partial charge >= 0.3 is 0 Å². The zero-order valence-corrected chi connectivity index (χ0v) is 14.6. The summed E-state index contributed by atoms with van der Waals surface area (Å²) in [6.07, 6.45) is 5.31. The molecule has 5 nitrogen and oxygen atoms in total. The Morgan fingerprint density at radius 1 is 1.21 bits per heavy atom. The van der Waals surface area contributed by atoms with E-state index in [0.29, 0.717) is 19.4 Å². The van der Waals surface area contributed by atoms with Crippen molar-refractivity contribution < 1.29 is 13.2 Å². The van der Waals surface area contributed by atoms with Gasteiger partial charge < -0.3 is 9.47 Å². The van der Waals surface area contributed by atoms with Gasteiger partial charge in [-0.2, -0.15) is 0 Å². The number of amides is 1. The zero-order valence-electron chi connectivity index (χ0n) is 13.8. The van der Waals surface area contributed by atoms with E-state index in [1.54, 1.807) is 4.90 Å². The maximum absolute atomic E-state index is 12.7. The fourth-order valence-corrected chi connectivity index (χ4v) is 5.43. The number of aromatic nitrogens is 1. The second-order valence-electron chi connectivity index (χ2n) is 6.96. The van der Waals surface area contributed by atoms with Crippen molar-refractivity contribution in [1.29, 1.82) is 0 Å². The molecular formula is C18H22N2O3S. The van der Waals surface area contributed by atoms with E-state index < -0.39 is 9.84 Å². The first-order valence-corrected chi connectivity index (χ1v) is 10.2. The summed E-state index contributed by atoms with van der Waals surface area (Å²) in [6, 6.07) is 8.14. The van der Waals surface area contributed by atoms with Crippen LogP contribution >= 0.6 is 0 Å². The first kappa shape index (κ1) is 15.7. The highest BCUT2D eigenvalue weighted by Gasteiger charge is 2.40. The van der Waals surface area contributed by atoms with Crippen LogP contribution in [0.5, 0.6) is 0 Å². The number of para-hydroxylation sites is 1. The second kappa shape index (κ2) is 5.62. The predicted octanol–water partition coefficient (Wildman–Crippen LogP) is 2.42. The number of hydrogen-bond acceptors (Lipinski definition) is 3. The van der Waals surface area contributed by atoms with Gasteiger partial charge in [-0.15, -0.1) is 0 Å². The van der Waals surface area contributed by atoms with Gasteiger partial charge in [-0.1, -0.05) is 18.2 Å². The van der Waals surface area contributed by atoms with Crippen LogP contribution in [0.15, 0.2) is 30.5 Å². The van der Waals surface area contributed by atoms with Crippen molar-refractivity contribution in [2.45, 2.75) is 37.0 Å². The van der Waals surface area contributed by atoms with Gasteiger partial charge in [-0.3, -0.25) is 4.79 Å². The molecule has 1 atom stereocenters. The molecule has 1 aromatic heterocycles. The number of likely N-dealkylation sites (tertiary alicyclic amines) is 1. The minimum atomic E-state index is -3.26. The maximum Gasteiger partial charge on any atom is 0.238 e. The van der Waals surface area contributed by atoms with Gasteiger partial charge in [0.1, 0.15) is 5.75 Å². The molecule has 6 heteroatoms. The summed E-state index contributed by atoms with van der Waals surface area (Å²) < 4.78 is 26.4. The van der Waals surface area contributed by atoms with Crippen molar-refractivity contribution in [2.75, 3.05) is 12.3 Å². The molecule has 2 aromatic rings. The molecule has 1 unspecified atom stereocenters. The molecule has 1 aliphatic heterocycles. The van der Waals surface area contributed by atoms with E-state index in [-0.39, 0.29) is 23.0 Å². The number of rotatable bonds is 4. The molecular weight excluding hydrogens is 324 g/mol. The molecule has 1 saturated carbocycles. The molecule has 2 aliphatic rings. The minimum Gasteiger partial charge on any atom is -0.350 e. The first-order chi connectivity index (χ1) is 11.5. The molecule has 0 radical (unpaired) electrons. The fraction of sp³-hybridized carbons (Fsp3) is 0.500. The summed E-state index contributed by atoms with van der Waals surface area (Å²) in [4.78, 5) is 14.4. The Bertz CT molecular complexity index is 896. The highest BCUT2D eigenvalue weighted by Crippen LogP contribution is 2.37. The van der Waals surface area contributed by atoms with E-state index >= 15 is 0 Å². The van der Waals surface area contributed by atoms with Crippen LogP contribution in [0.1, 0.15) is 37.3 Å². The Kier molecular flexibility index (Phi) is 3.67. The zero-order chi connectivity index (χ0) is 16.9. The Labute approximate surface area is 142 Å². The number of benzene rings is 1. The Balaban J connectivity index is 1.63. The van der Waals surface area contributed by atoms with Crippen LogP contribution < -0.4 is 0 Å².